The Morgan fingerprint density at radius 1 is 0.971 bits per heavy atom. The smallest absolute Gasteiger partial charge is 0.332 e. The third-order valence-electron chi connectivity index (χ3n) is 6.83. The summed E-state index contributed by atoms with van der Waals surface area (Å²) in [5.41, 5.74) is 1.95. The van der Waals surface area contributed by atoms with Crippen molar-refractivity contribution < 1.29 is 19.2 Å². The monoisotopic (exact) mass is 472 g/mol. The fraction of sp³-hybridized carbons (Fsp3) is 0.296. The Hall–Kier alpha value is -3.91. The lowest BCUT2D eigenvalue weighted by Crippen LogP contribution is -2.74. The third kappa shape index (κ3) is 4.21. The van der Waals surface area contributed by atoms with E-state index in [2.05, 4.69) is 5.32 Å². The van der Waals surface area contributed by atoms with Crippen molar-refractivity contribution >= 4 is 28.6 Å². The van der Waals surface area contributed by atoms with Gasteiger partial charge < -0.3 is 15.1 Å². The highest BCUT2D eigenvalue weighted by molar-refractivity contribution is 5.91. The summed E-state index contributed by atoms with van der Waals surface area (Å²) in [6.07, 6.45) is -0.741. The van der Waals surface area contributed by atoms with Gasteiger partial charge in [0.1, 0.15) is 6.04 Å². The minimum Gasteiger partial charge on any atom is -0.332 e. The van der Waals surface area contributed by atoms with Crippen LogP contribution >= 0.6 is 0 Å². The van der Waals surface area contributed by atoms with Crippen LogP contribution in [0.1, 0.15) is 25.0 Å². The van der Waals surface area contributed by atoms with Gasteiger partial charge in [0.2, 0.25) is 5.91 Å². The summed E-state index contributed by atoms with van der Waals surface area (Å²) in [4.78, 5) is 48.2. The average Bonchev–Trinajstić information content (AvgIpc) is 2.89. The molecule has 0 aliphatic carbocycles. The topological polar surface area (TPSA) is 82.2 Å². The lowest BCUT2D eigenvalue weighted by Gasteiger charge is -2.53. The minimum atomic E-state index is -0.741. The number of nitrogens with zero attached hydrogens (tertiary/aromatic N) is 3. The molecule has 2 fully saturated rings. The first-order valence-electron chi connectivity index (χ1n) is 11.8. The van der Waals surface area contributed by atoms with Crippen LogP contribution in [0.4, 0.5) is 4.79 Å². The maximum atomic E-state index is 13.4. The molecule has 0 saturated carbocycles. The summed E-state index contributed by atoms with van der Waals surface area (Å²) in [7, 11) is 0. The Kier molecular flexibility index (Phi) is 6.13. The number of hydroxylamine groups is 2. The molecule has 3 aromatic carbocycles. The van der Waals surface area contributed by atoms with Gasteiger partial charge in [-0.15, -0.1) is 0 Å². The van der Waals surface area contributed by atoms with Crippen LogP contribution in [-0.2, 0) is 27.5 Å². The van der Waals surface area contributed by atoms with Crippen molar-refractivity contribution in [3.05, 3.63) is 83.9 Å². The van der Waals surface area contributed by atoms with E-state index in [-0.39, 0.29) is 18.4 Å². The van der Waals surface area contributed by atoms with E-state index in [1.165, 1.54) is 9.96 Å². The lowest BCUT2D eigenvalue weighted by molar-refractivity contribution is -0.244. The highest BCUT2D eigenvalue weighted by atomic mass is 16.7. The Morgan fingerprint density at radius 2 is 1.69 bits per heavy atom. The van der Waals surface area contributed by atoms with Crippen molar-refractivity contribution in [2.75, 3.05) is 6.61 Å². The molecule has 4 amide bonds. The van der Waals surface area contributed by atoms with Crippen molar-refractivity contribution in [2.45, 2.75) is 45.2 Å². The molecule has 3 atom stereocenters. The maximum Gasteiger partial charge on any atom is 0.343 e. The Balaban J connectivity index is 1.42. The van der Waals surface area contributed by atoms with Gasteiger partial charge in [0.05, 0.1) is 6.04 Å². The van der Waals surface area contributed by atoms with Gasteiger partial charge >= 0.3 is 6.03 Å². The molecule has 2 saturated heterocycles. The first-order valence-corrected chi connectivity index (χ1v) is 11.8. The molecule has 0 radical (unpaired) electrons. The van der Waals surface area contributed by atoms with Crippen LogP contribution in [0, 0.1) is 0 Å². The van der Waals surface area contributed by atoms with Crippen LogP contribution in [0.2, 0.25) is 0 Å². The van der Waals surface area contributed by atoms with E-state index < -0.39 is 24.3 Å². The molecule has 2 aliphatic rings. The molecule has 0 unspecified atom stereocenters. The highest BCUT2D eigenvalue weighted by Crippen LogP contribution is 2.31. The number of hydrogen-bond donors (Lipinski definition) is 1. The van der Waals surface area contributed by atoms with Crippen molar-refractivity contribution in [1.82, 2.24) is 20.2 Å². The van der Waals surface area contributed by atoms with Gasteiger partial charge in [-0.05, 0) is 35.7 Å². The molecule has 5 rings (SSSR count). The number of carbonyl (C=O) groups excluding carboxylic acids is 3. The van der Waals surface area contributed by atoms with E-state index in [4.69, 9.17) is 4.84 Å². The van der Waals surface area contributed by atoms with E-state index in [1.54, 1.807) is 11.8 Å². The van der Waals surface area contributed by atoms with Crippen molar-refractivity contribution in [3.8, 4) is 0 Å². The number of amides is 4. The number of carbonyl (C=O) groups is 3. The second kappa shape index (κ2) is 9.38. The zero-order chi connectivity index (χ0) is 24.5. The molecule has 180 valence electrons. The molecule has 0 aromatic heterocycles. The molecule has 0 spiro atoms. The first kappa shape index (κ1) is 22.9. The molecule has 8 heteroatoms. The largest absolute Gasteiger partial charge is 0.343 e. The first-order chi connectivity index (χ1) is 17.0. The number of urea groups is 1. The predicted octanol–water partition coefficient (Wildman–Crippen LogP) is 3.27. The normalized spacial score (nSPS) is 22.3. The van der Waals surface area contributed by atoms with Gasteiger partial charge in [-0.25, -0.2) is 4.79 Å². The van der Waals surface area contributed by atoms with Crippen LogP contribution < -0.4 is 5.32 Å². The van der Waals surface area contributed by atoms with E-state index in [1.807, 2.05) is 79.7 Å². The summed E-state index contributed by atoms with van der Waals surface area (Å²) < 4.78 is 0. The molecule has 2 heterocycles. The summed E-state index contributed by atoms with van der Waals surface area (Å²) in [6, 6.07) is 22.0. The number of piperazine rings is 1. The number of nitrogens with one attached hydrogen (secondary N) is 1. The van der Waals surface area contributed by atoms with Crippen LogP contribution in [0.25, 0.3) is 10.8 Å². The van der Waals surface area contributed by atoms with E-state index >= 15 is 0 Å². The summed E-state index contributed by atoms with van der Waals surface area (Å²) in [6.45, 7) is 3.96. The van der Waals surface area contributed by atoms with Gasteiger partial charge in [-0.3, -0.25) is 14.4 Å². The highest BCUT2D eigenvalue weighted by Gasteiger charge is 2.52. The number of rotatable bonds is 4. The molecule has 0 bridgehead atoms. The standard InChI is InChI=1S/C27H28N4O4/c1-18-25-30(24(32)17-35-31(25)27(34)28-15-20-9-4-3-5-10-20)19(2)26(33)29(18)16-22-13-8-12-21-11-6-7-14-23(21)22/h3-14,18-19,25H,15-17H2,1-2H3,(H,28,34)/t18-,19-,25-/m0/s1. The van der Waals surface area contributed by atoms with Crippen LogP contribution in [-0.4, -0.2) is 57.6 Å². The maximum absolute atomic E-state index is 13.4. The van der Waals surface area contributed by atoms with E-state index in [0.717, 1.165) is 21.9 Å². The lowest BCUT2D eigenvalue weighted by atomic mass is 9.99. The minimum absolute atomic E-state index is 0.151. The second-order valence-electron chi connectivity index (χ2n) is 8.98. The Labute approximate surface area is 204 Å². The average molecular weight is 473 g/mol. The fourth-order valence-corrected chi connectivity index (χ4v) is 5.00. The van der Waals surface area contributed by atoms with Crippen molar-refractivity contribution in [1.29, 1.82) is 0 Å². The molecule has 8 nitrogen and oxygen atoms in total. The zero-order valence-corrected chi connectivity index (χ0v) is 19.8. The quantitative estimate of drug-likeness (QED) is 0.632. The number of fused-ring (bicyclic) bond motifs is 2. The van der Waals surface area contributed by atoms with Gasteiger partial charge in [0.15, 0.2) is 12.8 Å². The van der Waals surface area contributed by atoms with Crippen molar-refractivity contribution in [3.63, 3.8) is 0 Å². The molecule has 2 aliphatic heterocycles. The third-order valence-corrected chi connectivity index (χ3v) is 6.83. The SMILES string of the molecule is C[C@H]1[C@@H]2N(C(=O)NCc3ccccc3)OCC(=O)N2[C@@H](C)C(=O)N1Cc1cccc2ccccc12. The zero-order valence-electron chi connectivity index (χ0n) is 19.8. The van der Waals surface area contributed by atoms with Crippen LogP contribution in [0.5, 0.6) is 0 Å². The molecular formula is C27H28N4O4. The summed E-state index contributed by atoms with van der Waals surface area (Å²) in [5.74, 6) is -0.457. The van der Waals surface area contributed by atoms with Gasteiger partial charge in [0, 0.05) is 13.1 Å². The second-order valence-corrected chi connectivity index (χ2v) is 8.98. The van der Waals surface area contributed by atoms with Gasteiger partial charge in [-0.2, -0.15) is 5.06 Å². The molecule has 3 aromatic rings. The molecular weight excluding hydrogens is 444 g/mol. The summed E-state index contributed by atoms with van der Waals surface area (Å²) in [5, 5.41) is 6.25. The number of hydrogen-bond acceptors (Lipinski definition) is 4. The molecule has 35 heavy (non-hydrogen) atoms. The van der Waals surface area contributed by atoms with Crippen LogP contribution in [0.3, 0.4) is 0 Å². The predicted molar refractivity (Wildman–Crippen MR) is 131 cm³/mol. The summed E-state index contributed by atoms with van der Waals surface area (Å²) >= 11 is 0. The molecule has 1 N–H and O–H groups in total. The van der Waals surface area contributed by atoms with Gasteiger partial charge in [-0.1, -0.05) is 72.8 Å². The Bertz CT molecular complexity index is 1260. The Morgan fingerprint density at radius 3 is 2.49 bits per heavy atom. The fourth-order valence-electron chi connectivity index (χ4n) is 5.00. The van der Waals surface area contributed by atoms with E-state index in [0.29, 0.717) is 13.1 Å². The van der Waals surface area contributed by atoms with Crippen LogP contribution in [0.15, 0.2) is 72.8 Å². The van der Waals surface area contributed by atoms with E-state index in [9.17, 15) is 14.4 Å². The van der Waals surface area contributed by atoms with Gasteiger partial charge in [0.25, 0.3) is 5.91 Å². The number of benzene rings is 3. The van der Waals surface area contributed by atoms with Crippen molar-refractivity contribution in [2.24, 2.45) is 0 Å².